The van der Waals surface area contributed by atoms with Gasteiger partial charge in [-0.25, -0.2) is 9.59 Å². The topological polar surface area (TPSA) is 102 Å². The average Bonchev–Trinajstić information content (AvgIpc) is 3.06. The van der Waals surface area contributed by atoms with Crippen LogP contribution >= 0.6 is 0 Å². The number of esters is 1. The van der Waals surface area contributed by atoms with E-state index in [1.807, 2.05) is 18.2 Å². The third kappa shape index (κ3) is 6.72. The van der Waals surface area contributed by atoms with E-state index in [-0.39, 0.29) is 0 Å². The Kier molecular flexibility index (Phi) is 8.24. The van der Waals surface area contributed by atoms with Crippen LogP contribution in [-0.2, 0) is 30.3 Å². The minimum absolute atomic E-state index is 0.345. The first-order valence-corrected chi connectivity index (χ1v) is 12.4. The molecular formula is C29H37NO6. The number of carboxylic acid groups (broad SMARTS) is 1. The molecule has 1 amide bonds. The first-order chi connectivity index (χ1) is 16.8. The molecule has 1 aliphatic heterocycles. The molecular weight excluding hydrogens is 458 g/mol. The van der Waals surface area contributed by atoms with Crippen LogP contribution in [0.3, 0.4) is 0 Å². The van der Waals surface area contributed by atoms with E-state index in [2.05, 4.69) is 42.6 Å². The molecule has 1 heterocycles. The number of carbonyl (C=O) groups excluding carboxylic acids is 2. The van der Waals surface area contributed by atoms with Crippen molar-refractivity contribution in [3.8, 4) is 11.1 Å². The maximum atomic E-state index is 13.3. The lowest BCUT2D eigenvalue weighted by molar-refractivity contribution is -0.162. The zero-order chi connectivity index (χ0) is 26.7. The summed E-state index contributed by atoms with van der Waals surface area (Å²) in [6.07, 6.45) is 0.573. The lowest BCUT2D eigenvalue weighted by atomic mass is 9.85. The Morgan fingerprint density at radius 3 is 2.31 bits per heavy atom. The minimum Gasteiger partial charge on any atom is -0.480 e. The molecule has 0 aliphatic carbocycles. The number of aryl methyl sites for hydroxylation is 2. The molecule has 7 nitrogen and oxygen atoms in total. The van der Waals surface area contributed by atoms with Crippen LogP contribution in [0.4, 0.5) is 0 Å². The highest BCUT2D eigenvalue weighted by Gasteiger charge is 2.48. The number of nitrogens with one attached hydrogen (secondary N) is 1. The highest BCUT2D eigenvalue weighted by atomic mass is 16.8. The van der Waals surface area contributed by atoms with Crippen molar-refractivity contribution in [2.24, 2.45) is 11.3 Å². The van der Waals surface area contributed by atoms with Gasteiger partial charge in [0.05, 0.1) is 5.92 Å². The molecule has 2 aromatic carbocycles. The zero-order valence-corrected chi connectivity index (χ0v) is 22.0. The number of ether oxygens (including phenoxy) is 2. The molecule has 2 aromatic rings. The zero-order valence-electron chi connectivity index (χ0n) is 22.0. The van der Waals surface area contributed by atoms with Crippen molar-refractivity contribution in [2.45, 2.75) is 78.7 Å². The van der Waals surface area contributed by atoms with Gasteiger partial charge in [-0.05, 0) is 53.9 Å². The quantitative estimate of drug-likeness (QED) is 0.480. The number of carboxylic acids is 1. The number of aliphatic carboxylic acids is 1. The molecule has 0 spiro atoms. The largest absolute Gasteiger partial charge is 0.480 e. The minimum atomic E-state index is -1.14. The van der Waals surface area contributed by atoms with Gasteiger partial charge in [0.1, 0.15) is 6.04 Å². The third-order valence-electron chi connectivity index (χ3n) is 6.45. The van der Waals surface area contributed by atoms with Gasteiger partial charge in [0.2, 0.25) is 11.7 Å². The lowest BCUT2D eigenvalue weighted by Gasteiger charge is -2.30. The summed E-state index contributed by atoms with van der Waals surface area (Å²) < 4.78 is 11.1. The Morgan fingerprint density at radius 1 is 1.11 bits per heavy atom. The van der Waals surface area contributed by atoms with Gasteiger partial charge in [-0.1, -0.05) is 69.3 Å². The van der Waals surface area contributed by atoms with E-state index < -0.39 is 47.1 Å². The van der Waals surface area contributed by atoms with Crippen LogP contribution in [0.1, 0.15) is 58.6 Å². The predicted molar refractivity (Wildman–Crippen MR) is 137 cm³/mol. The van der Waals surface area contributed by atoms with Crippen molar-refractivity contribution in [2.75, 3.05) is 0 Å². The van der Waals surface area contributed by atoms with E-state index in [0.717, 1.165) is 16.7 Å². The molecule has 2 N–H and O–H groups in total. The summed E-state index contributed by atoms with van der Waals surface area (Å²) in [5, 5.41) is 12.3. The van der Waals surface area contributed by atoms with Gasteiger partial charge in [0.15, 0.2) is 6.10 Å². The number of hydrogen-bond donors (Lipinski definition) is 2. The maximum Gasteiger partial charge on any atom is 0.338 e. The summed E-state index contributed by atoms with van der Waals surface area (Å²) in [5.41, 5.74) is 3.90. The molecule has 194 valence electrons. The Bertz CT molecular complexity index is 1100. The van der Waals surface area contributed by atoms with E-state index in [1.54, 1.807) is 34.6 Å². The van der Waals surface area contributed by atoms with E-state index >= 15 is 0 Å². The normalized spacial score (nSPS) is 18.8. The van der Waals surface area contributed by atoms with Crippen molar-refractivity contribution in [3.05, 3.63) is 59.7 Å². The van der Waals surface area contributed by atoms with Crippen molar-refractivity contribution in [1.82, 2.24) is 5.32 Å². The summed E-state index contributed by atoms with van der Waals surface area (Å²) >= 11 is 0. The van der Waals surface area contributed by atoms with Crippen LogP contribution in [0.25, 0.3) is 11.1 Å². The molecule has 36 heavy (non-hydrogen) atoms. The molecule has 0 saturated carbocycles. The van der Waals surface area contributed by atoms with Crippen molar-refractivity contribution in [1.29, 1.82) is 0 Å². The Labute approximate surface area is 213 Å². The number of carbonyl (C=O) groups is 3. The standard InChI is InChI=1S/C29H37NO6/c1-18-17-19(15-16-21(18)20-12-8-7-9-13-20)11-10-14-22(23-27(34)36-29(5,6)35-23)25(31)30-24(26(32)33)28(2,3)4/h7-9,12-13,15-17,22-24H,10-11,14H2,1-6H3,(H,30,31)(H,32,33)/t22?,23-,24+/m0/s1. The Morgan fingerprint density at radius 2 is 1.78 bits per heavy atom. The second-order valence-corrected chi connectivity index (χ2v) is 11.0. The van der Waals surface area contributed by atoms with Crippen LogP contribution in [0, 0.1) is 18.3 Å². The average molecular weight is 496 g/mol. The van der Waals surface area contributed by atoms with Crippen LogP contribution < -0.4 is 5.32 Å². The number of benzene rings is 2. The number of rotatable bonds is 9. The molecule has 0 bridgehead atoms. The van der Waals surface area contributed by atoms with Crippen LogP contribution in [0.2, 0.25) is 0 Å². The second kappa shape index (κ2) is 10.8. The van der Waals surface area contributed by atoms with Crippen LogP contribution in [0.15, 0.2) is 48.5 Å². The maximum absolute atomic E-state index is 13.3. The molecule has 1 unspecified atom stereocenters. The molecule has 1 saturated heterocycles. The fourth-order valence-electron chi connectivity index (χ4n) is 4.59. The van der Waals surface area contributed by atoms with Gasteiger partial charge >= 0.3 is 11.9 Å². The molecule has 3 atom stereocenters. The molecule has 1 fully saturated rings. The van der Waals surface area contributed by atoms with Gasteiger partial charge < -0.3 is 19.9 Å². The van der Waals surface area contributed by atoms with Crippen molar-refractivity contribution >= 4 is 17.8 Å². The summed E-state index contributed by atoms with van der Waals surface area (Å²) in [7, 11) is 0. The number of cyclic esters (lactones) is 1. The molecule has 0 radical (unpaired) electrons. The SMILES string of the molecule is Cc1cc(CCCC(C(=O)N[C@H](C(=O)O)C(C)(C)C)[C@@H]2OC(C)(C)OC2=O)ccc1-c1ccccc1. The fraction of sp³-hybridized carbons (Fsp3) is 0.483. The summed E-state index contributed by atoms with van der Waals surface area (Å²) in [6.45, 7) is 10.5. The number of amides is 1. The summed E-state index contributed by atoms with van der Waals surface area (Å²) in [4.78, 5) is 37.7. The highest BCUT2D eigenvalue weighted by molar-refractivity contribution is 5.90. The molecule has 0 aromatic heterocycles. The Hall–Kier alpha value is -3.19. The van der Waals surface area contributed by atoms with E-state index in [9.17, 15) is 19.5 Å². The van der Waals surface area contributed by atoms with Gasteiger partial charge in [-0.2, -0.15) is 0 Å². The summed E-state index contributed by atoms with van der Waals surface area (Å²) in [6, 6.07) is 15.4. The molecule has 3 rings (SSSR count). The van der Waals surface area contributed by atoms with Gasteiger partial charge in [0, 0.05) is 13.8 Å². The van der Waals surface area contributed by atoms with Gasteiger partial charge in [-0.15, -0.1) is 0 Å². The lowest BCUT2D eigenvalue weighted by Crippen LogP contribution is -2.52. The van der Waals surface area contributed by atoms with E-state index in [4.69, 9.17) is 9.47 Å². The van der Waals surface area contributed by atoms with E-state index in [1.165, 1.54) is 5.56 Å². The van der Waals surface area contributed by atoms with E-state index in [0.29, 0.717) is 19.3 Å². The fourth-order valence-corrected chi connectivity index (χ4v) is 4.59. The van der Waals surface area contributed by atoms with Crippen LogP contribution in [0.5, 0.6) is 0 Å². The third-order valence-corrected chi connectivity index (χ3v) is 6.45. The monoisotopic (exact) mass is 495 g/mol. The first kappa shape index (κ1) is 27.4. The second-order valence-electron chi connectivity index (χ2n) is 11.0. The van der Waals surface area contributed by atoms with Crippen molar-refractivity contribution in [3.63, 3.8) is 0 Å². The summed E-state index contributed by atoms with van der Waals surface area (Å²) in [5.74, 6) is -4.26. The Balaban J connectivity index is 1.74. The predicted octanol–water partition coefficient (Wildman–Crippen LogP) is 4.89. The van der Waals surface area contributed by atoms with Crippen LogP contribution in [-0.4, -0.2) is 40.9 Å². The number of hydrogen-bond acceptors (Lipinski definition) is 5. The van der Waals surface area contributed by atoms with Crippen molar-refractivity contribution < 1.29 is 29.0 Å². The molecule has 7 heteroatoms. The highest BCUT2D eigenvalue weighted by Crippen LogP contribution is 2.32. The molecule has 1 aliphatic rings. The van der Waals surface area contributed by atoms with Gasteiger partial charge in [-0.3, -0.25) is 4.79 Å². The smallest absolute Gasteiger partial charge is 0.338 e. The first-order valence-electron chi connectivity index (χ1n) is 12.4. The van der Waals surface area contributed by atoms with Gasteiger partial charge in [0.25, 0.3) is 0 Å².